The van der Waals surface area contributed by atoms with Crippen molar-refractivity contribution < 1.29 is 0 Å². The number of para-hydroxylation sites is 2. The highest BCUT2D eigenvalue weighted by Gasteiger charge is 2.36. The molecule has 0 unspecified atom stereocenters. The van der Waals surface area contributed by atoms with Gasteiger partial charge in [-0.2, -0.15) is 0 Å². The molecule has 0 spiro atoms. The molecule has 7 aromatic rings. The first-order valence-electron chi connectivity index (χ1n) is 12.3. The highest BCUT2D eigenvalue weighted by molar-refractivity contribution is 6.17. The van der Waals surface area contributed by atoms with E-state index in [4.69, 9.17) is 0 Å². The molecule has 0 saturated heterocycles. The van der Waals surface area contributed by atoms with E-state index in [1.54, 1.807) is 0 Å². The summed E-state index contributed by atoms with van der Waals surface area (Å²) in [7, 11) is 0. The second-order valence-electron chi connectivity index (χ2n) is 10.3. The Morgan fingerprint density at radius 2 is 1.26 bits per heavy atom. The monoisotopic (exact) mass is 448 g/mol. The Balaban J connectivity index is 1.50. The second-order valence-corrected chi connectivity index (χ2v) is 10.3. The molecule has 5 aromatic carbocycles. The molecule has 0 saturated carbocycles. The van der Waals surface area contributed by atoms with Crippen molar-refractivity contribution in [3.63, 3.8) is 0 Å². The normalized spacial score (nSPS) is 14.2. The zero-order valence-corrected chi connectivity index (χ0v) is 19.8. The lowest BCUT2D eigenvalue weighted by Gasteiger charge is -2.21. The highest BCUT2D eigenvalue weighted by Crippen LogP contribution is 2.52. The summed E-state index contributed by atoms with van der Waals surface area (Å²) in [5.41, 5.74) is 11.6. The van der Waals surface area contributed by atoms with E-state index in [0.29, 0.717) is 0 Å². The number of nitrogens with zero attached hydrogens (tertiary/aromatic N) is 1. The van der Waals surface area contributed by atoms with Gasteiger partial charge in [0.25, 0.3) is 0 Å². The van der Waals surface area contributed by atoms with Crippen molar-refractivity contribution in [1.82, 2.24) is 9.55 Å². The van der Waals surface area contributed by atoms with Gasteiger partial charge in [0.05, 0.1) is 11.0 Å². The average molecular weight is 449 g/mol. The van der Waals surface area contributed by atoms with Crippen LogP contribution in [0.1, 0.15) is 25.0 Å². The number of rotatable bonds is 1. The van der Waals surface area contributed by atoms with E-state index in [-0.39, 0.29) is 5.41 Å². The third kappa shape index (κ3) is 2.34. The SMILES string of the molecule is CC1(C)c2ccccc2-c2c1ccc1[nH]c3ccc(-n4c5ccccc5c5ccccc54)cc3c21. The zero-order chi connectivity index (χ0) is 23.3. The summed E-state index contributed by atoms with van der Waals surface area (Å²) < 4.78 is 2.41. The first kappa shape index (κ1) is 19.1. The van der Waals surface area contributed by atoms with Crippen LogP contribution in [-0.2, 0) is 5.41 Å². The maximum Gasteiger partial charge on any atom is 0.0541 e. The smallest absolute Gasteiger partial charge is 0.0541 e. The van der Waals surface area contributed by atoms with Crippen LogP contribution in [0.15, 0.2) is 103 Å². The van der Waals surface area contributed by atoms with Gasteiger partial charge in [0.15, 0.2) is 0 Å². The number of benzene rings is 5. The summed E-state index contributed by atoms with van der Waals surface area (Å²) in [6.45, 7) is 4.70. The molecule has 0 aliphatic heterocycles. The molecule has 0 radical (unpaired) electrons. The Bertz CT molecular complexity index is 1930. The van der Waals surface area contributed by atoms with E-state index in [2.05, 4.69) is 127 Å². The Labute approximate surface area is 203 Å². The first-order chi connectivity index (χ1) is 17.1. The van der Waals surface area contributed by atoms with Crippen LogP contribution in [0, 0.1) is 0 Å². The van der Waals surface area contributed by atoms with Crippen molar-refractivity contribution in [3.8, 4) is 16.8 Å². The Morgan fingerprint density at radius 3 is 2.03 bits per heavy atom. The molecule has 0 atom stereocenters. The summed E-state index contributed by atoms with van der Waals surface area (Å²) in [4.78, 5) is 3.70. The number of nitrogens with one attached hydrogen (secondary N) is 1. The van der Waals surface area contributed by atoms with Gasteiger partial charge in [-0.05, 0) is 58.7 Å². The van der Waals surface area contributed by atoms with Gasteiger partial charge in [0, 0.05) is 43.7 Å². The predicted octanol–water partition coefficient (Wildman–Crippen LogP) is 8.72. The van der Waals surface area contributed by atoms with E-state index in [1.807, 2.05) is 0 Å². The predicted molar refractivity (Wildman–Crippen MR) is 148 cm³/mol. The fraction of sp³-hybridized carbons (Fsp3) is 0.0909. The molecule has 1 aliphatic carbocycles. The van der Waals surface area contributed by atoms with Crippen LogP contribution in [0.4, 0.5) is 0 Å². The Hall–Kier alpha value is -4.30. The molecule has 2 heterocycles. The molecule has 2 heteroatoms. The third-order valence-corrected chi connectivity index (χ3v) is 8.13. The van der Waals surface area contributed by atoms with Crippen molar-refractivity contribution in [3.05, 3.63) is 114 Å². The standard InChI is InChI=1S/C33H24N2/c1-33(2)25-12-6-3-11-23(25)31-26(33)16-18-28-32(31)24-19-20(15-17-27(24)34-28)35-29-13-7-4-9-21(29)22-10-5-8-14-30(22)35/h3-19,34H,1-2H3. The van der Waals surface area contributed by atoms with Gasteiger partial charge in [-0.1, -0.05) is 80.6 Å². The van der Waals surface area contributed by atoms with Crippen LogP contribution in [-0.4, -0.2) is 9.55 Å². The maximum atomic E-state index is 3.70. The van der Waals surface area contributed by atoms with E-state index in [9.17, 15) is 0 Å². The van der Waals surface area contributed by atoms with Crippen LogP contribution >= 0.6 is 0 Å². The number of aromatic nitrogens is 2. The Morgan fingerprint density at radius 1 is 0.600 bits per heavy atom. The Kier molecular flexibility index (Phi) is 3.50. The lowest BCUT2D eigenvalue weighted by atomic mass is 9.82. The number of H-pyrrole nitrogens is 1. The molecule has 1 aliphatic rings. The third-order valence-electron chi connectivity index (χ3n) is 8.13. The molecule has 0 amide bonds. The fourth-order valence-corrected chi connectivity index (χ4v) is 6.51. The quantitative estimate of drug-likeness (QED) is 0.259. The van der Waals surface area contributed by atoms with E-state index >= 15 is 0 Å². The van der Waals surface area contributed by atoms with Crippen molar-refractivity contribution in [2.75, 3.05) is 0 Å². The van der Waals surface area contributed by atoms with Gasteiger partial charge in [-0.15, -0.1) is 0 Å². The van der Waals surface area contributed by atoms with E-state index in [0.717, 1.165) is 0 Å². The van der Waals surface area contributed by atoms with Gasteiger partial charge >= 0.3 is 0 Å². The zero-order valence-electron chi connectivity index (χ0n) is 19.8. The molecular formula is C33H24N2. The average Bonchev–Trinajstić information content (AvgIpc) is 3.50. The number of hydrogen-bond acceptors (Lipinski definition) is 0. The number of fused-ring (bicyclic) bond motifs is 10. The largest absolute Gasteiger partial charge is 0.354 e. The summed E-state index contributed by atoms with van der Waals surface area (Å²) >= 11 is 0. The van der Waals surface area contributed by atoms with Gasteiger partial charge in [-0.25, -0.2) is 0 Å². The summed E-state index contributed by atoms with van der Waals surface area (Å²) in [5.74, 6) is 0. The van der Waals surface area contributed by atoms with Crippen LogP contribution in [0.25, 0.3) is 60.4 Å². The molecular weight excluding hydrogens is 424 g/mol. The number of aromatic amines is 1. The molecule has 2 aromatic heterocycles. The lowest BCUT2D eigenvalue weighted by molar-refractivity contribution is 0.661. The van der Waals surface area contributed by atoms with Crippen molar-refractivity contribution in [2.45, 2.75) is 19.3 Å². The van der Waals surface area contributed by atoms with Gasteiger partial charge < -0.3 is 9.55 Å². The lowest BCUT2D eigenvalue weighted by Crippen LogP contribution is -2.14. The molecule has 1 N–H and O–H groups in total. The van der Waals surface area contributed by atoms with E-state index in [1.165, 1.54) is 71.6 Å². The van der Waals surface area contributed by atoms with Crippen molar-refractivity contribution in [1.29, 1.82) is 0 Å². The number of hydrogen-bond donors (Lipinski definition) is 1. The molecule has 166 valence electrons. The summed E-state index contributed by atoms with van der Waals surface area (Å²) in [5, 5.41) is 5.19. The van der Waals surface area contributed by atoms with Crippen LogP contribution < -0.4 is 0 Å². The first-order valence-corrected chi connectivity index (χ1v) is 12.3. The minimum atomic E-state index is -0.00580. The van der Waals surface area contributed by atoms with Crippen LogP contribution in [0.5, 0.6) is 0 Å². The summed E-state index contributed by atoms with van der Waals surface area (Å²) in [6.07, 6.45) is 0. The molecule has 35 heavy (non-hydrogen) atoms. The van der Waals surface area contributed by atoms with Gasteiger partial charge in [0.2, 0.25) is 0 Å². The van der Waals surface area contributed by atoms with Gasteiger partial charge in [0.1, 0.15) is 0 Å². The molecule has 2 nitrogen and oxygen atoms in total. The van der Waals surface area contributed by atoms with Crippen molar-refractivity contribution >= 4 is 43.6 Å². The van der Waals surface area contributed by atoms with Gasteiger partial charge in [-0.3, -0.25) is 0 Å². The maximum absolute atomic E-state index is 3.70. The second kappa shape index (κ2) is 6.43. The van der Waals surface area contributed by atoms with E-state index < -0.39 is 0 Å². The van der Waals surface area contributed by atoms with Crippen LogP contribution in [0.3, 0.4) is 0 Å². The molecule has 8 rings (SSSR count). The highest BCUT2D eigenvalue weighted by atomic mass is 15.0. The minimum absolute atomic E-state index is 0.00580. The molecule has 0 bridgehead atoms. The van der Waals surface area contributed by atoms with Crippen molar-refractivity contribution in [2.24, 2.45) is 0 Å². The minimum Gasteiger partial charge on any atom is -0.354 e. The molecule has 0 fully saturated rings. The topological polar surface area (TPSA) is 20.7 Å². The van der Waals surface area contributed by atoms with Crippen LogP contribution in [0.2, 0.25) is 0 Å². The summed E-state index contributed by atoms with van der Waals surface area (Å²) in [6, 6.07) is 37.8. The fourth-order valence-electron chi connectivity index (χ4n) is 6.51.